The van der Waals surface area contributed by atoms with Gasteiger partial charge in [0.05, 0.1) is 25.2 Å². The molecule has 0 amide bonds. The molecule has 1 unspecified atom stereocenters. The van der Waals surface area contributed by atoms with Gasteiger partial charge in [0.25, 0.3) is 0 Å². The van der Waals surface area contributed by atoms with Crippen LogP contribution in [0.15, 0.2) is 24.3 Å². The van der Waals surface area contributed by atoms with Crippen molar-refractivity contribution < 1.29 is 4.74 Å². The quantitative estimate of drug-likeness (QED) is 0.871. The van der Waals surface area contributed by atoms with Crippen molar-refractivity contribution in [1.82, 2.24) is 9.47 Å². The maximum absolute atomic E-state index is 9.57. The lowest BCUT2D eigenvalue weighted by atomic mass is 10.1. The molecular weight excluding hydrogens is 274 g/mol. The maximum atomic E-state index is 9.57. The van der Waals surface area contributed by atoms with Gasteiger partial charge in [0.1, 0.15) is 0 Å². The predicted molar refractivity (Wildman–Crippen MR) is 87.8 cm³/mol. The second-order valence-corrected chi connectivity index (χ2v) is 6.08. The Morgan fingerprint density at radius 1 is 1.18 bits per heavy atom. The van der Waals surface area contributed by atoms with Gasteiger partial charge in [-0.3, -0.25) is 4.90 Å². The van der Waals surface area contributed by atoms with Crippen molar-refractivity contribution in [1.29, 1.82) is 5.26 Å². The average molecular weight is 297 g/mol. The molecule has 4 heteroatoms. The van der Waals surface area contributed by atoms with Crippen LogP contribution in [-0.2, 0) is 11.3 Å². The third kappa shape index (κ3) is 2.87. The molecule has 1 fully saturated rings. The van der Waals surface area contributed by atoms with Gasteiger partial charge in [0.15, 0.2) is 0 Å². The van der Waals surface area contributed by atoms with Gasteiger partial charge in [0, 0.05) is 42.8 Å². The van der Waals surface area contributed by atoms with Crippen LogP contribution in [-0.4, -0.2) is 42.3 Å². The fourth-order valence-corrected chi connectivity index (χ4v) is 3.29. The van der Waals surface area contributed by atoms with Crippen molar-refractivity contribution in [3.63, 3.8) is 0 Å². The zero-order valence-corrected chi connectivity index (χ0v) is 13.4. The molecule has 4 nitrogen and oxygen atoms in total. The Balaban J connectivity index is 1.82. The van der Waals surface area contributed by atoms with Gasteiger partial charge in [-0.05, 0) is 25.5 Å². The van der Waals surface area contributed by atoms with Gasteiger partial charge >= 0.3 is 0 Å². The fourth-order valence-electron chi connectivity index (χ4n) is 3.29. The lowest BCUT2D eigenvalue weighted by molar-refractivity contribution is 0.0329. The molecule has 1 aromatic heterocycles. The maximum Gasteiger partial charge on any atom is 0.0769 e. The number of benzene rings is 1. The van der Waals surface area contributed by atoms with Crippen LogP contribution in [0.1, 0.15) is 11.3 Å². The highest BCUT2D eigenvalue weighted by atomic mass is 16.5. The molecule has 0 saturated carbocycles. The van der Waals surface area contributed by atoms with Crippen LogP contribution in [0.3, 0.4) is 0 Å². The van der Waals surface area contributed by atoms with Crippen LogP contribution in [0, 0.1) is 31.1 Å². The molecule has 0 radical (unpaired) electrons. The number of nitriles is 1. The number of nitrogens with zero attached hydrogens (tertiary/aromatic N) is 3. The van der Waals surface area contributed by atoms with Crippen molar-refractivity contribution in [2.24, 2.45) is 5.92 Å². The zero-order chi connectivity index (χ0) is 15.5. The van der Waals surface area contributed by atoms with E-state index in [-0.39, 0.29) is 5.92 Å². The largest absolute Gasteiger partial charge is 0.379 e. The molecule has 3 rings (SSSR count). The van der Waals surface area contributed by atoms with E-state index in [0.717, 1.165) is 39.4 Å². The topological polar surface area (TPSA) is 41.2 Å². The van der Waals surface area contributed by atoms with Gasteiger partial charge in [-0.15, -0.1) is 0 Å². The van der Waals surface area contributed by atoms with Gasteiger partial charge in [0.2, 0.25) is 0 Å². The molecule has 0 bridgehead atoms. The minimum Gasteiger partial charge on any atom is -0.379 e. The van der Waals surface area contributed by atoms with E-state index in [1.54, 1.807) is 0 Å². The summed E-state index contributed by atoms with van der Waals surface area (Å²) in [7, 11) is 0. The molecule has 1 aliphatic heterocycles. The SMILES string of the molecule is Cc1c(C)n(CC(C#N)CN2CCOCC2)c2ccccc12. The Labute approximate surface area is 131 Å². The van der Waals surface area contributed by atoms with E-state index < -0.39 is 0 Å². The molecule has 1 aromatic carbocycles. The van der Waals surface area contributed by atoms with Crippen LogP contribution in [0.5, 0.6) is 0 Å². The Bertz CT molecular complexity index is 692. The summed E-state index contributed by atoms with van der Waals surface area (Å²) >= 11 is 0. The second-order valence-electron chi connectivity index (χ2n) is 6.08. The van der Waals surface area contributed by atoms with Gasteiger partial charge in [-0.25, -0.2) is 0 Å². The summed E-state index contributed by atoms with van der Waals surface area (Å²) in [6.07, 6.45) is 0. The molecule has 2 heterocycles. The fraction of sp³-hybridized carbons (Fsp3) is 0.500. The number of fused-ring (bicyclic) bond motifs is 1. The number of rotatable bonds is 4. The van der Waals surface area contributed by atoms with Crippen molar-refractivity contribution in [3.8, 4) is 6.07 Å². The molecular formula is C18H23N3O. The van der Waals surface area contributed by atoms with Crippen LogP contribution in [0.25, 0.3) is 10.9 Å². The van der Waals surface area contributed by atoms with Crippen molar-refractivity contribution in [2.45, 2.75) is 20.4 Å². The molecule has 0 aliphatic carbocycles. The van der Waals surface area contributed by atoms with E-state index in [4.69, 9.17) is 4.74 Å². The second kappa shape index (κ2) is 6.51. The minimum atomic E-state index is 0.00649. The third-order valence-electron chi connectivity index (χ3n) is 4.71. The van der Waals surface area contributed by atoms with Crippen molar-refractivity contribution >= 4 is 10.9 Å². The molecule has 0 spiro atoms. The Morgan fingerprint density at radius 2 is 1.91 bits per heavy atom. The molecule has 0 N–H and O–H groups in total. The van der Waals surface area contributed by atoms with E-state index in [0.29, 0.717) is 0 Å². The summed E-state index contributed by atoms with van der Waals surface area (Å²) in [6, 6.07) is 11.0. The number of hydrogen-bond acceptors (Lipinski definition) is 3. The van der Waals surface area contributed by atoms with Gasteiger partial charge < -0.3 is 9.30 Å². The van der Waals surface area contributed by atoms with E-state index >= 15 is 0 Å². The summed E-state index contributed by atoms with van der Waals surface area (Å²) in [5.74, 6) is 0.00649. The summed E-state index contributed by atoms with van der Waals surface area (Å²) < 4.78 is 7.69. The van der Waals surface area contributed by atoms with Crippen LogP contribution in [0.2, 0.25) is 0 Å². The van der Waals surface area contributed by atoms with Crippen molar-refractivity contribution in [2.75, 3.05) is 32.8 Å². The monoisotopic (exact) mass is 297 g/mol. The Kier molecular flexibility index (Phi) is 4.47. The number of morpholine rings is 1. The van der Waals surface area contributed by atoms with Gasteiger partial charge in [-0.1, -0.05) is 18.2 Å². The molecule has 22 heavy (non-hydrogen) atoms. The highest BCUT2D eigenvalue weighted by Crippen LogP contribution is 2.26. The smallest absolute Gasteiger partial charge is 0.0769 e. The summed E-state index contributed by atoms with van der Waals surface area (Å²) in [5, 5.41) is 10.9. The number of para-hydroxylation sites is 1. The first kappa shape index (κ1) is 15.1. The molecule has 116 valence electrons. The lowest BCUT2D eigenvalue weighted by Crippen LogP contribution is -2.39. The molecule has 1 saturated heterocycles. The summed E-state index contributed by atoms with van der Waals surface area (Å²) in [4.78, 5) is 2.34. The van der Waals surface area contributed by atoms with Crippen LogP contribution in [0.4, 0.5) is 0 Å². The normalized spacial score (nSPS) is 17.5. The van der Waals surface area contributed by atoms with E-state index in [9.17, 15) is 5.26 Å². The first-order chi connectivity index (χ1) is 10.7. The first-order valence-electron chi connectivity index (χ1n) is 7.95. The number of aromatic nitrogens is 1. The Morgan fingerprint density at radius 3 is 2.64 bits per heavy atom. The van der Waals surface area contributed by atoms with E-state index in [2.05, 4.69) is 53.6 Å². The number of ether oxygens (including phenoxy) is 1. The highest BCUT2D eigenvalue weighted by molar-refractivity contribution is 5.85. The molecule has 2 aromatic rings. The van der Waals surface area contributed by atoms with Gasteiger partial charge in [-0.2, -0.15) is 5.26 Å². The lowest BCUT2D eigenvalue weighted by Gasteiger charge is -2.28. The summed E-state index contributed by atoms with van der Waals surface area (Å²) in [6.45, 7) is 9.33. The highest BCUT2D eigenvalue weighted by Gasteiger charge is 2.19. The predicted octanol–water partition coefficient (Wildman–Crippen LogP) is 2.73. The first-order valence-corrected chi connectivity index (χ1v) is 7.95. The third-order valence-corrected chi connectivity index (χ3v) is 4.71. The molecule has 1 aliphatic rings. The Hall–Kier alpha value is -1.83. The van der Waals surface area contributed by atoms with Crippen LogP contribution < -0.4 is 0 Å². The number of hydrogen-bond donors (Lipinski definition) is 0. The average Bonchev–Trinajstić information content (AvgIpc) is 2.80. The van der Waals surface area contributed by atoms with Crippen molar-refractivity contribution in [3.05, 3.63) is 35.5 Å². The standard InChI is InChI=1S/C18H23N3O/c1-14-15(2)21(18-6-4-3-5-17(14)18)13-16(11-19)12-20-7-9-22-10-8-20/h3-6,16H,7-10,12-13H2,1-2H3. The molecule has 1 atom stereocenters. The minimum absolute atomic E-state index is 0.00649. The van der Waals surface area contributed by atoms with Crippen LogP contribution >= 0.6 is 0 Å². The van der Waals surface area contributed by atoms with E-state index in [1.165, 1.54) is 22.2 Å². The van der Waals surface area contributed by atoms with E-state index in [1.807, 2.05) is 0 Å². The summed E-state index contributed by atoms with van der Waals surface area (Å²) in [5.41, 5.74) is 3.82. The number of aryl methyl sites for hydroxylation is 1. The zero-order valence-electron chi connectivity index (χ0n) is 13.4.